The molecular weight excluding hydrogens is 519 g/mol. The zero-order valence-corrected chi connectivity index (χ0v) is 20.3. The Kier molecular flexibility index (Phi) is 5.27. The quantitative estimate of drug-likeness (QED) is 0.498. The number of alkyl halides is 3. The van der Waals surface area contributed by atoms with Crippen molar-refractivity contribution in [3.05, 3.63) is 64.5 Å². The highest BCUT2D eigenvalue weighted by Crippen LogP contribution is 2.62. The number of aryl methyl sites for hydroxylation is 1. The van der Waals surface area contributed by atoms with Crippen molar-refractivity contribution in [1.82, 2.24) is 14.5 Å². The number of anilines is 1. The van der Waals surface area contributed by atoms with Crippen LogP contribution in [0.5, 0.6) is 0 Å². The summed E-state index contributed by atoms with van der Waals surface area (Å²) >= 11 is 0. The molecule has 39 heavy (non-hydrogen) atoms. The summed E-state index contributed by atoms with van der Waals surface area (Å²) in [5.41, 5.74) is -4.15. The third-order valence-electron chi connectivity index (χ3n) is 8.17. The molecule has 5 heterocycles. The molecule has 0 aliphatic carbocycles. The van der Waals surface area contributed by atoms with Crippen molar-refractivity contribution in [1.29, 1.82) is 5.26 Å². The van der Waals surface area contributed by atoms with Gasteiger partial charge in [-0.15, -0.1) is 0 Å². The van der Waals surface area contributed by atoms with E-state index >= 15 is 0 Å². The normalized spacial score (nSPS) is 29.7. The smallest absolute Gasteiger partial charge is 0.390 e. The van der Waals surface area contributed by atoms with E-state index in [1.165, 1.54) is 18.3 Å². The molecule has 1 aromatic carbocycles. The SMILES string of the molecule is CC12OC(CCn3cnc(C(F)(F)F)cc3=O)(CC1O)C1C(=O)N(c3ccc(C#N)c4ncccc34)C(=O)C12. The second-order valence-corrected chi connectivity index (χ2v) is 10.2. The molecule has 13 heteroatoms. The number of aromatic nitrogens is 3. The van der Waals surface area contributed by atoms with Crippen LogP contribution in [0.4, 0.5) is 18.9 Å². The van der Waals surface area contributed by atoms with Gasteiger partial charge in [-0.2, -0.15) is 18.4 Å². The molecule has 3 aliphatic heterocycles. The number of pyridine rings is 1. The van der Waals surface area contributed by atoms with E-state index in [4.69, 9.17) is 4.74 Å². The zero-order valence-electron chi connectivity index (χ0n) is 20.3. The van der Waals surface area contributed by atoms with Gasteiger partial charge in [-0.1, -0.05) is 0 Å². The van der Waals surface area contributed by atoms with Crippen LogP contribution in [-0.2, 0) is 27.0 Å². The molecule has 0 radical (unpaired) electrons. The number of aliphatic hydroxyl groups is 1. The molecule has 2 amide bonds. The number of hydrogen-bond acceptors (Lipinski definition) is 8. The summed E-state index contributed by atoms with van der Waals surface area (Å²) in [6.45, 7) is 1.41. The molecule has 5 unspecified atom stereocenters. The minimum absolute atomic E-state index is 0.00395. The maximum Gasteiger partial charge on any atom is 0.433 e. The Hall–Kier alpha value is -4.15. The number of amides is 2. The van der Waals surface area contributed by atoms with Crippen molar-refractivity contribution in [2.45, 2.75) is 49.8 Å². The van der Waals surface area contributed by atoms with Gasteiger partial charge in [0.1, 0.15) is 11.7 Å². The standard InChI is InChI=1S/C26H20F3N5O5/c1-24-17(35)10-25(39-24,6-8-33-12-32-16(9-18(33)36)26(27,28)29)20-19(24)22(37)34(23(20)38)15-5-4-13(11-30)21-14(15)3-2-7-31-21/h2-5,7,9,12,17,19-20,35H,6,8,10H2,1H3. The first-order chi connectivity index (χ1) is 18.4. The highest BCUT2D eigenvalue weighted by molar-refractivity contribution is 6.26. The molecule has 200 valence electrons. The summed E-state index contributed by atoms with van der Waals surface area (Å²) in [6.07, 6.45) is -3.64. The van der Waals surface area contributed by atoms with E-state index in [9.17, 15) is 37.9 Å². The van der Waals surface area contributed by atoms with Gasteiger partial charge in [0.25, 0.3) is 5.56 Å². The van der Waals surface area contributed by atoms with Crippen molar-refractivity contribution >= 4 is 28.4 Å². The molecule has 0 spiro atoms. The molecular formula is C26H20F3N5O5. The Morgan fingerprint density at radius 2 is 1.92 bits per heavy atom. The maximum atomic E-state index is 13.9. The molecule has 3 fully saturated rings. The molecule has 5 atom stereocenters. The van der Waals surface area contributed by atoms with Gasteiger partial charge in [-0.05, 0) is 37.6 Å². The Morgan fingerprint density at radius 1 is 1.18 bits per heavy atom. The van der Waals surface area contributed by atoms with Crippen LogP contribution in [0.15, 0.2) is 47.7 Å². The van der Waals surface area contributed by atoms with Crippen molar-refractivity contribution in [3.8, 4) is 6.07 Å². The number of benzene rings is 1. The first-order valence-electron chi connectivity index (χ1n) is 12.1. The number of ether oxygens (including phenoxy) is 1. The number of rotatable bonds is 4. The van der Waals surface area contributed by atoms with Crippen LogP contribution in [0.25, 0.3) is 10.9 Å². The van der Waals surface area contributed by atoms with Crippen molar-refractivity contribution in [3.63, 3.8) is 0 Å². The van der Waals surface area contributed by atoms with E-state index in [1.807, 2.05) is 6.07 Å². The first kappa shape index (κ1) is 25.1. The van der Waals surface area contributed by atoms with E-state index in [-0.39, 0.29) is 30.6 Å². The second kappa shape index (κ2) is 8.17. The summed E-state index contributed by atoms with van der Waals surface area (Å²) in [7, 11) is 0. The molecule has 1 N–H and O–H groups in total. The third kappa shape index (κ3) is 3.44. The van der Waals surface area contributed by atoms with Crippen LogP contribution in [0, 0.1) is 23.2 Å². The summed E-state index contributed by atoms with van der Waals surface area (Å²) in [6, 6.07) is 8.67. The largest absolute Gasteiger partial charge is 0.433 e. The van der Waals surface area contributed by atoms with Gasteiger partial charge in [-0.25, -0.2) is 9.88 Å². The zero-order chi connectivity index (χ0) is 27.9. The maximum absolute atomic E-state index is 13.9. The number of halogens is 3. The Bertz CT molecular complexity index is 1670. The molecule has 3 aliphatic rings. The fourth-order valence-electron chi connectivity index (χ4n) is 6.36. The van der Waals surface area contributed by atoms with Crippen LogP contribution in [0.1, 0.15) is 31.0 Å². The predicted octanol–water partition coefficient (Wildman–Crippen LogP) is 2.17. The lowest BCUT2D eigenvalue weighted by molar-refractivity contribution is -0.141. The number of nitriles is 1. The summed E-state index contributed by atoms with van der Waals surface area (Å²) in [4.78, 5) is 48.7. The molecule has 0 saturated carbocycles. The van der Waals surface area contributed by atoms with E-state index in [2.05, 4.69) is 9.97 Å². The van der Waals surface area contributed by atoms with Crippen LogP contribution in [0.2, 0.25) is 0 Å². The lowest BCUT2D eigenvalue weighted by Gasteiger charge is -2.33. The van der Waals surface area contributed by atoms with E-state index in [0.717, 1.165) is 15.8 Å². The Balaban J connectivity index is 1.38. The Labute approximate surface area is 218 Å². The van der Waals surface area contributed by atoms with E-state index in [0.29, 0.717) is 17.0 Å². The number of carbonyl (C=O) groups is 2. The number of imide groups is 1. The predicted molar refractivity (Wildman–Crippen MR) is 127 cm³/mol. The van der Waals surface area contributed by atoms with Crippen LogP contribution in [0.3, 0.4) is 0 Å². The molecule has 10 nitrogen and oxygen atoms in total. The van der Waals surface area contributed by atoms with Gasteiger partial charge in [-0.3, -0.25) is 23.9 Å². The Morgan fingerprint density at radius 3 is 2.62 bits per heavy atom. The van der Waals surface area contributed by atoms with Crippen LogP contribution >= 0.6 is 0 Å². The number of nitrogens with zero attached hydrogens (tertiary/aromatic N) is 5. The molecule has 3 aromatic rings. The van der Waals surface area contributed by atoms with E-state index in [1.54, 1.807) is 19.1 Å². The minimum Gasteiger partial charge on any atom is -0.390 e. The molecule has 6 rings (SSSR count). The van der Waals surface area contributed by atoms with Gasteiger partial charge in [0.15, 0.2) is 5.69 Å². The molecule has 2 aromatic heterocycles. The van der Waals surface area contributed by atoms with Gasteiger partial charge < -0.3 is 9.84 Å². The average Bonchev–Trinajstić information content (AvgIpc) is 3.43. The second-order valence-electron chi connectivity index (χ2n) is 10.2. The average molecular weight is 539 g/mol. The van der Waals surface area contributed by atoms with Crippen molar-refractivity contribution in [2.24, 2.45) is 11.8 Å². The third-order valence-corrected chi connectivity index (χ3v) is 8.17. The summed E-state index contributed by atoms with van der Waals surface area (Å²) in [5, 5.41) is 20.8. The lowest BCUT2D eigenvalue weighted by Crippen LogP contribution is -2.49. The van der Waals surface area contributed by atoms with Crippen molar-refractivity contribution < 1.29 is 32.6 Å². The fraction of sp³-hybridized carbons (Fsp3) is 0.385. The number of aliphatic hydroxyl groups excluding tert-OH is 1. The lowest BCUT2D eigenvalue weighted by atomic mass is 9.66. The first-order valence-corrected chi connectivity index (χ1v) is 12.1. The van der Waals surface area contributed by atoms with Crippen LogP contribution in [-0.4, -0.2) is 48.8 Å². The minimum atomic E-state index is -4.78. The summed E-state index contributed by atoms with van der Waals surface area (Å²) < 4.78 is 46.0. The fourth-order valence-corrected chi connectivity index (χ4v) is 6.36. The van der Waals surface area contributed by atoms with Crippen molar-refractivity contribution in [2.75, 3.05) is 4.90 Å². The highest BCUT2D eigenvalue weighted by atomic mass is 19.4. The van der Waals surface area contributed by atoms with Crippen LogP contribution < -0.4 is 10.5 Å². The number of hydrogen-bond donors (Lipinski definition) is 1. The van der Waals surface area contributed by atoms with E-state index < -0.39 is 58.4 Å². The van der Waals surface area contributed by atoms with Gasteiger partial charge >= 0.3 is 6.18 Å². The molecule has 3 saturated heterocycles. The monoisotopic (exact) mass is 539 g/mol. The van der Waals surface area contributed by atoms with Gasteiger partial charge in [0, 0.05) is 30.6 Å². The highest BCUT2D eigenvalue weighted by Gasteiger charge is 2.77. The van der Waals surface area contributed by atoms with Gasteiger partial charge in [0.2, 0.25) is 11.8 Å². The topological polar surface area (TPSA) is 138 Å². The molecule has 2 bridgehead atoms. The number of fused-ring (bicyclic) bond motifs is 6. The van der Waals surface area contributed by atoms with Gasteiger partial charge in [0.05, 0.1) is 46.6 Å². The summed E-state index contributed by atoms with van der Waals surface area (Å²) in [5.74, 6) is -3.16. The number of carbonyl (C=O) groups excluding carboxylic acids is 2.